The molecule has 1 aliphatic rings. The highest BCUT2D eigenvalue weighted by Gasteiger charge is 2.31. The average molecular weight is 261 g/mol. The van der Waals surface area contributed by atoms with Crippen LogP contribution in [0.4, 0.5) is 8.78 Å². The van der Waals surface area contributed by atoms with E-state index >= 15 is 0 Å². The van der Waals surface area contributed by atoms with Crippen molar-refractivity contribution in [3.05, 3.63) is 29.8 Å². The number of hydrogen-bond donors (Lipinski definition) is 3. The van der Waals surface area contributed by atoms with Gasteiger partial charge in [0.25, 0.3) is 0 Å². The smallest absolute Gasteiger partial charge is 0.127 e. The van der Waals surface area contributed by atoms with Crippen LogP contribution in [0, 0.1) is 11.6 Å². The molecule has 0 bridgehead atoms. The normalized spacial score (nSPS) is 29.3. The van der Waals surface area contributed by atoms with Crippen LogP contribution in [0.5, 0.6) is 0 Å². The van der Waals surface area contributed by atoms with Gasteiger partial charge in [0.05, 0.1) is 17.5 Å². The Hall–Kier alpha value is -0.690. The molecule has 0 radical (unpaired) electrons. The Morgan fingerprint density at radius 1 is 1.12 bits per heavy atom. The van der Waals surface area contributed by atoms with E-state index in [-0.39, 0.29) is 5.25 Å². The zero-order valence-corrected chi connectivity index (χ0v) is 9.75. The first kappa shape index (κ1) is 12.8. The number of aliphatic hydroxyl groups excluding tert-OH is 2. The minimum absolute atomic E-state index is 0.319. The topological polar surface area (TPSA) is 52.5 Å². The lowest BCUT2D eigenvalue weighted by Gasteiger charge is -2.32. The third-order valence-electron chi connectivity index (χ3n) is 2.60. The van der Waals surface area contributed by atoms with E-state index in [0.29, 0.717) is 18.0 Å². The van der Waals surface area contributed by atoms with E-state index in [4.69, 9.17) is 0 Å². The number of piperidine rings is 1. The fourth-order valence-corrected chi connectivity index (χ4v) is 2.98. The van der Waals surface area contributed by atoms with Crippen molar-refractivity contribution in [2.45, 2.75) is 22.4 Å². The van der Waals surface area contributed by atoms with Gasteiger partial charge in [0.15, 0.2) is 0 Å². The van der Waals surface area contributed by atoms with Crippen molar-refractivity contribution in [3.8, 4) is 0 Å². The summed E-state index contributed by atoms with van der Waals surface area (Å²) >= 11 is 1.15. The maximum atomic E-state index is 13.0. The zero-order chi connectivity index (χ0) is 12.4. The monoisotopic (exact) mass is 261 g/mol. The minimum atomic E-state index is -0.896. The van der Waals surface area contributed by atoms with Crippen LogP contribution in [-0.2, 0) is 0 Å². The van der Waals surface area contributed by atoms with E-state index in [0.717, 1.165) is 17.8 Å². The molecule has 3 nitrogen and oxygen atoms in total. The van der Waals surface area contributed by atoms with Gasteiger partial charge in [0.2, 0.25) is 0 Å². The summed E-state index contributed by atoms with van der Waals surface area (Å²) in [5, 5.41) is 21.8. The van der Waals surface area contributed by atoms with Crippen LogP contribution in [0.3, 0.4) is 0 Å². The molecule has 1 saturated heterocycles. The molecule has 1 heterocycles. The van der Waals surface area contributed by atoms with Crippen LogP contribution in [-0.4, -0.2) is 40.8 Å². The number of nitrogens with one attached hydrogen (secondary N) is 1. The summed E-state index contributed by atoms with van der Waals surface area (Å²) in [6.45, 7) is 0.816. The van der Waals surface area contributed by atoms with Crippen LogP contribution in [0.2, 0.25) is 0 Å². The van der Waals surface area contributed by atoms with Gasteiger partial charge in [-0.3, -0.25) is 0 Å². The van der Waals surface area contributed by atoms with Gasteiger partial charge in [-0.05, 0) is 12.1 Å². The maximum absolute atomic E-state index is 13.0. The average Bonchev–Trinajstić information content (AvgIpc) is 2.23. The van der Waals surface area contributed by atoms with Gasteiger partial charge in [-0.2, -0.15) is 0 Å². The molecule has 0 spiro atoms. The molecule has 6 heteroatoms. The molecule has 0 aromatic heterocycles. The fourth-order valence-electron chi connectivity index (χ4n) is 1.75. The first-order valence-electron chi connectivity index (χ1n) is 5.26. The molecule has 1 aliphatic heterocycles. The van der Waals surface area contributed by atoms with Gasteiger partial charge >= 0.3 is 0 Å². The van der Waals surface area contributed by atoms with Gasteiger partial charge in [-0.1, -0.05) is 0 Å². The van der Waals surface area contributed by atoms with Crippen molar-refractivity contribution in [2.75, 3.05) is 13.1 Å². The zero-order valence-electron chi connectivity index (χ0n) is 8.94. The predicted octanol–water partition coefficient (Wildman–Crippen LogP) is 0.751. The van der Waals surface area contributed by atoms with E-state index in [1.165, 1.54) is 12.1 Å². The number of β-amino-alcohol motifs (C(OH)–C–C–N with tert-alkyl or cyclic N) is 1. The van der Waals surface area contributed by atoms with Gasteiger partial charge < -0.3 is 15.5 Å². The molecule has 0 saturated carbocycles. The van der Waals surface area contributed by atoms with Crippen molar-refractivity contribution in [1.29, 1.82) is 0 Å². The third-order valence-corrected chi connectivity index (χ3v) is 3.85. The first-order chi connectivity index (χ1) is 8.06. The Balaban J connectivity index is 2.09. The number of thioether (sulfide) groups is 1. The second-order valence-electron chi connectivity index (χ2n) is 3.98. The maximum Gasteiger partial charge on any atom is 0.127 e. The molecule has 1 aromatic carbocycles. The largest absolute Gasteiger partial charge is 0.389 e. The summed E-state index contributed by atoms with van der Waals surface area (Å²) in [5.74, 6) is -1.29. The Bertz CT molecular complexity index is 385. The fraction of sp³-hybridized carbons (Fsp3) is 0.455. The summed E-state index contributed by atoms with van der Waals surface area (Å²) < 4.78 is 26.0. The van der Waals surface area contributed by atoms with Gasteiger partial charge in [0, 0.05) is 24.1 Å². The van der Waals surface area contributed by atoms with E-state index in [9.17, 15) is 19.0 Å². The highest BCUT2D eigenvalue weighted by Crippen LogP contribution is 2.28. The van der Waals surface area contributed by atoms with Gasteiger partial charge in [0.1, 0.15) is 11.6 Å². The summed E-state index contributed by atoms with van der Waals surface area (Å²) in [7, 11) is 0. The highest BCUT2D eigenvalue weighted by molar-refractivity contribution is 8.00. The molecule has 94 valence electrons. The van der Waals surface area contributed by atoms with Crippen LogP contribution in [0.25, 0.3) is 0 Å². The lowest BCUT2D eigenvalue weighted by molar-refractivity contribution is 0.00464. The second-order valence-corrected chi connectivity index (χ2v) is 5.29. The third kappa shape index (κ3) is 3.16. The molecule has 3 N–H and O–H groups in total. The van der Waals surface area contributed by atoms with Crippen molar-refractivity contribution >= 4 is 11.8 Å². The molecular weight excluding hydrogens is 248 g/mol. The van der Waals surface area contributed by atoms with Crippen LogP contribution < -0.4 is 5.32 Å². The summed E-state index contributed by atoms with van der Waals surface area (Å²) in [6, 6.07) is 3.22. The molecule has 0 aliphatic carbocycles. The second kappa shape index (κ2) is 5.30. The molecule has 1 aromatic rings. The Labute approximate surface area is 102 Å². The lowest BCUT2D eigenvalue weighted by Crippen LogP contribution is -2.52. The number of hydrogen-bond acceptors (Lipinski definition) is 4. The molecule has 1 fully saturated rings. The van der Waals surface area contributed by atoms with Crippen LogP contribution in [0.15, 0.2) is 23.1 Å². The molecule has 3 atom stereocenters. The standard InChI is InChI=1S/C11H13F2NO2S/c12-6-1-7(13)3-8(2-6)17-10-5-14-4-9(15)11(10)16/h1-3,9-11,14-16H,4-5H2/t9-,10+,11+/m1/s1. The Kier molecular flexibility index (Phi) is 3.98. The number of benzene rings is 1. The van der Waals surface area contributed by atoms with Crippen molar-refractivity contribution in [1.82, 2.24) is 5.32 Å². The van der Waals surface area contributed by atoms with Crippen LogP contribution >= 0.6 is 11.8 Å². The lowest BCUT2D eigenvalue weighted by atomic mass is 10.1. The molecule has 17 heavy (non-hydrogen) atoms. The Morgan fingerprint density at radius 2 is 1.76 bits per heavy atom. The first-order valence-corrected chi connectivity index (χ1v) is 6.14. The molecule has 0 unspecified atom stereocenters. The van der Waals surface area contributed by atoms with Crippen molar-refractivity contribution in [2.24, 2.45) is 0 Å². The number of rotatable bonds is 2. The molecule has 0 amide bonds. The Morgan fingerprint density at radius 3 is 2.41 bits per heavy atom. The highest BCUT2D eigenvalue weighted by atomic mass is 32.2. The SMILES string of the molecule is O[C@H]1[C@H](O)CNC[C@@H]1Sc1cc(F)cc(F)c1. The van der Waals surface area contributed by atoms with E-state index in [2.05, 4.69) is 5.32 Å². The van der Waals surface area contributed by atoms with Crippen molar-refractivity contribution in [3.63, 3.8) is 0 Å². The summed E-state index contributed by atoms with van der Waals surface area (Å²) in [4.78, 5) is 0.405. The van der Waals surface area contributed by atoms with Gasteiger partial charge in [-0.25, -0.2) is 8.78 Å². The molecular formula is C11H13F2NO2S. The number of halogens is 2. The van der Waals surface area contributed by atoms with Crippen LogP contribution in [0.1, 0.15) is 0 Å². The molecule has 2 rings (SSSR count). The quantitative estimate of drug-likeness (QED) is 0.735. The predicted molar refractivity (Wildman–Crippen MR) is 60.9 cm³/mol. The van der Waals surface area contributed by atoms with Crippen molar-refractivity contribution < 1.29 is 19.0 Å². The number of aliphatic hydroxyl groups is 2. The minimum Gasteiger partial charge on any atom is -0.389 e. The summed E-state index contributed by atoms with van der Waals surface area (Å²) in [5.41, 5.74) is 0. The summed E-state index contributed by atoms with van der Waals surface area (Å²) in [6.07, 6.45) is -1.74. The van der Waals surface area contributed by atoms with Gasteiger partial charge in [-0.15, -0.1) is 11.8 Å². The van der Waals surface area contributed by atoms with E-state index in [1.54, 1.807) is 0 Å². The van der Waals surface area contributed by atoms with E-state index < -0.39 is 23.8 Å². The van der Waals surface area contributed by atoms with E-state index in [1.807, 2.05) is 0 Å².